The van der Waals surface area contributed by atoms with Gasteiger partial charge in [-0.15, -0.1) is 0 Å². The Morgan fingerprint density at radius 1 is 1.12 bits per heavy atom. The molecular formula is C11H20N2O3. The van der Waals surface area contributed by atoms with Gasteiger partial charge >= 0.3 is 12.0 Å². The molecule has 0 bridgehead atoms. The largest absolute Gasteiger partial charge is 0.480 e. The number of carbonyl (C=O) groups is 2. The van der Waals surface area contributed by atoms with Crippen LogP contribution >= 0.6 is 0 Å². The van der Waals surface area contributed by atoms with E-state index in [0.717, 1.165) is 25.7 Å². The number of carboxylic acids is 1. The predicted octanol–water partition coefficient (Wildman–Crippen LogP) is 1.44. The average Bonchev–Trinajstić information content (AvgIpc) is 2.44. The first-order valence-electron chi connectivity index (χ1n) is 5.71. The highest BCUT2D eigenvalue weighted by Gasteiger charge is 2.40. The number of nitrogens with zero attached hydrogens (tertiary/aromatic N) is 1. The van der Waals surface area contributed by atoms with Gasteiger partial charge in [-0.3, -0.25) is 0 Å². The van der Waals surface area contributed by atoms with Gasteiger partial charge in [0, 0.05) is 14.1 Å². The molecule has 92 valence electrons. The highest BCUT2D eigenvalue weighted by atomic mass is 16.4. The molecule has 0 unspecified atom stereocenters. The van der Waals surface area contributed by atoms with Crippen molar-refractivity contribution < 1.29 is 14.7 Å². The maximum absolute atomic E-state index is 11.6. The summed E-state index contributed by atoms with van der Waals surface area (Å²) in [5.41, 5.74) is -1.06. The Balaban J connectivity index is 2.78. The van der Waals surface area contributed by atoms with Crippen LogP contribution in [0.3, 0.4) is 0 Å². The zero-order chi connectivity index (χ0) is 12.2. The molecule has 0 aromatic carbocycles. The Hall–Kier alpha value is -1.26. The van der Waals surface area contributed by atoms with Crippen molar-refractivity contribution >= 4 is 12.0 Å². The summed E-state index contributed by atoms with van der Waals surface area (Å²) in [5, 5.41) is 12.0. The maximum atomic E-state index is 11.6. The van der Waals surface area contributed by atoms with Gasteiger partial charge in [0.2, 0.25) is 0 Å². The van der Waals surface area contributed by atoms with Crippen molar-refractivity contribution in [2.45, 2.75) is 44.1 Å². The number of hydrogen-bond donors (Lipinski definition) is 2. The van der Waals surface area contributed by atoms with E-state index in [2.05, 4.69) is 5.32 Å². The van der Waals surface area contributed by atoms with Gasteiger partial charge in [-0.25, -0.2) is 9.59 Å². The maximum Gasteiger partial charge on any atom is 0.329 e. The van der Waals surface area contributed by atoms with E-state index >= 15 is 0 Å². The summed E-state index contributed by atoms with van der Waals surface area (Å²) in [7, 11) is 3.23. The van der Waals surface area contributed by atoms with Crippen LogP contribution in [0.25, 0.3) is 0 Å². The van der Waals surface area contributed by atoms with E-state index < -0.39 is 11.5 Å². The third-order valence-electron chi connectivity index (χ3n) is 3.12. The van der Waals surface area contributed by atoms with Crippen molar-refractivity contribution in [3.63, 3.8) is 0 Å². The fraction of sp³-hybridized carbons (Fsp3) is 0.818. The smallest absolute Gasteiger partial charge is 0.329 e. The summed E-state index contributed by atoms with van der Waals surface area (Å²) < 4.78 is 0. The molecule has 0 aromatic heterocycles. The lowest BCUT2D eigenvalue weighted by Gasteiger charge is -2.30. The summed E-state index contributed by atoms with van der Waals surface area (Å²) in [6.45, 7) is 0. The number of carboxylic acid groups (broad SMARTS) is 1. The van der Waals surface area contributed by atoms with Crippen LogP contribution in [-0.2, 0) is 4.79 Å². The lowest BCUT2D eigenvalue weighted by Crippen LogP contribution is -2.56. The van der Waals surface area contributed by atoms with E-state index in [1.807, 2.05) is 0 Å². The zero-order valence-electron chi connectivity index (χ0n) is 9.95. The molecule has 1 fully saturated rings. The molecule has 0 heterocycles. The highest BCUT2D eigenvalue weighted by Crippen LogP contribution is 2.27. The number of urea groups is 1. The lowest BCUT2D eigenvalue weighted by molar-refractivity contribution is -0.145. The van der Waals surface area contributed by atoms with E-state index in [0.29, 0.717) is 12.8 Å². The molecule has 0 atom stereocenters. The molecule has 1 aliphatic rings. The minimum atomic E-state index is -1.06. The number of carbonyl (C=O) groups excluding carboxylic acids is 1. The molecule has 0 saturated heterocycles. The number of aliphatic carboxylic acids is 1. The van der Waals surface area contributed by atoms with E-state index in [1.165, 1.54) is 4.90 Å². The fourth-order valence-corrected chi connectivity index (χ4v) is 2.04. The van der Waals surface area contributed by atoms with Gasteiger partial charge in [0.1, 0.15) is 5.54 Å². The first kappa shape index (κ1) is 12.8. The van der Waals surface area contributed by atoms with Gasteiger partial charge < -0.3 is 15.3 Å². The standard InChI is InChI=1S/C11H20N2O3/c1-13(2)10(16)12-11(9(14)15)7-5-3-4-6-8-11/h3-8H2,1-2H3,(H,12,16)(H,14,15). The van der Waals surface area contributed by atoms with Crippen molar-refractivity contribution in [2.75, 3.05) is 14.1 Å². The molecule has 5 heteroatoms. The fourth-order valence-electron chi connectivity index (χ4n) is 2.04. The monoisotopic (exact) mass is 228 g/mol. The molecule has 5 nitrogen and oxygen atoms in total. The second-order valence-electron chi connectivity index (χ2n) is 4.63. The molecule has 0 aromatic rings. The van der Waals surface area contributed by atoms with Gasteiger partial charge in [0.05, 0.1) is 0 Å². The van der Waals surface area contributed by atoms with Gasteiger partial charge in [0.15, 0.2) is 0 Å². The predicted molar refractivity (Wildman–Crippen MR) is 60.3 cm³/mol. The third-order valence-corrected chi connectivity index (χ3v) is 3.12. The molecule has 1 saturated carbocycles. The highest BCUT2D eigenvalue weighted by molar-refractivity contribution is 5.86. The van der Waals surface area contributed by atoms with E-state index in [1.54, 1.807) is 14.1 Å². The molecule has 1 rings (SSSR count). The van der Waals surface area contributed by atoms with Crippen molar-refractivity contribution in [1.29, 1.82) is 0 Å². The first-order chi connectivity index (χ1) is 7.48. The van der Waals surface area contributed by atoms with Crippen LogP contribution < -0.4 is 5.32 Å². The van der Waals surface area contributed by atoms with Crippen LogP contribution in [0.2, 0.25) is 0 Å². The Labute approximate surface area is 95.8 Å². The molecule has 16 heavy (non-hydrogen) atoms. The summed E-state index contributed by atoms with van der Waals surface area (Å²) in [4.78, 5) is 24.3. The van der Waals surface area contributed by atoms with Crippen LogP contribution in [0.5, 0.6) is 0 Å². The van der Waals surface area contributed by atoms with Crippen LogP contribution in [0.1, 0.15) is 38.5 Å². The summed E-state index contributed by atoms with van der Waals surface area (Å²) in [5.74, 6) is -0.912. The van der Waals surface area contributed by atoms with E-state index in [4.69, 9.17) is 0 Å². The summed E-state index contributed by atoms with van der Waals surface area (Å²) in [6.07, 6.45) is 4.88. The second kappa shape index (κ2) is 5.18. The number of rotatable bonds is 2. The molecule has 2 N–H and O–H groups in total. The summed E-state index contributed by atoms with van der Waals surface area (Å²) >= 11 is 0. The van der Waals surface area contributed by atoms with Crippen molar-refractivity contribution in [2.24, 2.45) is 0 Å². The second-order valence-corrected chi connectivity index (χ2v) is 4.63. The Bertz CT molecular complexity index is 266. The molecule has 2 amide bonds. The number of nitrogens with one attached hydrogen (secondary N) is 1. The molecule has 1 aliphatic carbocycles. The Morgan fingerprint density at radius 3 is 2.00 bits per heavy atom. The van der Waals surface area contributed by atoms with Crippen LogP contribution in [-0.4, -0.2) is 41.6 Å². The SMILES string of the molecule is CN(C)C(=O)NC1(C(=O)O)CCCCCC1. The van der Waals surface area contributed by atoms with E-state index in [-0.39, 0.29) is 6.03 Å². The van der Waals surface area contributed by atoms with Crippen molar-refractivity contribution in [3.8, 4) is 0 Å². The van der Waals surface area contributed by atoms with Gasteiger partial charge in [-0.05, 0) is 12.8 Å². The van der Waals surface area contributed by atoms with Crippen LogP contribution in [0.15, 0.2) is 0 Å². The van der Waals surface area contributed by atoms with Crippen molar-refractivity contribution in [3.05, 3.63) is 0 Å². The lowest BCUT2D eigenvalue weighted by atomic mass is 9.90. The minimum Gasteiger partial charge on any atom is -0.480 e. The van der Waals surface area contributed by atoms with E-state index in [9.17, 15) is 14.7 Å². The normalized spacial score (nSPS) is 19.6. The quantitative estimate of drug-likeness (QED) is 0.702. The molecular weight excluding hydrogens is 208 g/mol. The Kier molecular flexibility index (Phi) is 4.15. The van der Waals surface area contributed by atoms with Gasteiger partial charge in [0.25, 0.3) is 0 Å². The van der Waals surface area contributed by atoms with Gasteiger partial charge in [-0.1, -0.05) is 25.7 Å². The Morgan fingerprint density at radius 2 is 1.62 bits per heavy atom. The van der Waals surface area contributed by atoms with Crippen LogP contribution in [0, 0.1) is 0 Å². The molecule has 0 radical (unpaired) electrons. The van der Waals surface area contributed by atoms with Gasteiger partial charge in [-0.2, -0.15) is 0 Å². The topological polar surface area (TPSA) is 69.6 Å². The average molecular weight is 228 g/mol. The number of amides is 2. The molecule has 0 aliphatic heterocycles. The van der Waals surface area contributed by atoms with Crippen molar-refractivity contribution in [1.82, 2.24) is 10.2 Å². The third kappa shape index (κ3) is 2.87. The van der Waals surface area contributed by atoms with Crippen LogP contribution in [0.4, 0.5) is 4.79 Å². The number of hydrogen-bond acceptors (Lipinski definition) is 2. The summed E-state index contributed by atoms with van der Waals surface area (Å²) in [6, 6.07) is -0.329. The zero-order valence-corrected chi connectivity index (χ0v) is 9.95. The minimum absolute atomic E-state index is 0.329. The first-order valence-corrected chi connectivity index (χ1v) is 5.71. The molecule has 0 spiro atoms.